The number of esters is 1. The van der Waals surface area contributed by atoms with E-state index in [1.54, 1.807) is 24.3 Å². The number of nitrogens with zero attached hydrogens (tertiary/aromatic N) is 1. The third-order valence-electron chi connectivity index (χ3n) is 2.31. The molecule has 2 aromatic rings. The van der Waals surface area contributed by atoms with Crippen LogP contribution in [0.25, 0.3) is 6.08 Å². The summed E-state index contributed by atoms with van der Waals surface area (Å²) in [7, 11) is 0. The zero-order valence-corrected chi connectivity index (χ0v) is 11.5. The molecular weight excluding hydrogens is 296 g/mol. The molecule has 0 unspecified atom stereocenters. The number of nitrogens with one attached hydrogen (secondary N) is 1. The summed E-state index contributed by atoms with van der Waals surface area (Å²) >= 11 is 5.78. The summed E-state index contributed by atoms with van der Waals surface area (Å²) in [6.45, 7) is -0.424. The number of ether oxygens (including phenoxy) is 1. The predicted octanol–water partition coefficient (Wildman–Crippen LogP) is 2.52. The van der Waals surface area contributed by atoms with Gasteiger partial charge >= 0.3 is 5.97 Å². The van der Waals surface area contributed by atoms with E-state index in [0.717, 1.165) is 0 Å². The number of aromatic nitrogens is 1. The fourth-order valence-electron chi connectivity index (χ4n) is 1.39. The van der Waals surface area contributed by atoms with Crippen LogP contribution in [0.5, 0.6) is 0 Å². The van der Waals surface area contributed by atoms with Gasteiger partial charge in [-0.1, -0.05) is 11.6 Å². The number of amides is 1. The van der Waals surface area contributed by atoms with Crippen LogP contribution < -0.4 is 5.32 Å². The molecule has 0 aliphatic rings. The summed E-state index contributed by atoms with van der Waals surface area (Å²) in [6, 6.07) is 6.59. The average molecular weight is 307 g/mol. The van der Waals surface area contributed by atoms with Crippen LogP contribution in [0.3, 0.4) is 0 Å². The number of pyridine rings is 1. The van der Waals surface area contributed by atoms with E-state index >= 15 is 0 Å². The number of hydrogen-bond donors (Lipinski definition) is 1. The highest BCUT2D eigenvalue weighted by Gasteiger charge is 2.08. The first-order chi connectivity index (χ1) is 10.1. The van der Waals surface area contributed by atoms with Gasteiger partial charge in [0.2, 0.25) is 0 Å². The van der Waals surface area contributed by atoms with Crippen molar-refractivity contribution >= 4 is 35.2 Å². The fourth-order valence-corrected chi connectivity index (χ4v) is 1.55. The number of carbonyl (C=O) groups excluding carboxylic acids is 2. The summed E-state index contributed by atoms with van der Waals surface area (Å²) in [5.74, 6) is -0.651. The molecule has 2 rings (SSSR count). The molecule has 0 bridgehead atoms. The van der Waals surface area contributed by atoms with Gasteiger partial charge in [0, 0.05) is 12.3 Å². The normalized spacial score (nSPS) is 10.5. The van der Waals surface area contributed by atoms with Crippen LogP contribution in [0.1, 0.15) is 5.76 Å². The molecule has 0 atom stereocenters. The van der Waals surface area contributed by atoms with E-state index in [4.69, 9.17) is 20.8 Å². The van der Waals surface area contributed by atoms with Crippen molar-refractivity contribution in [2.45, 2.75) is 0 Å². The van der Waals surface area contributed by atoms with Gasteiger partial charge in [0.25, 0.3) is 5.91 Å². The molecule has 0 fully saturated rings. The minimum atomic E-state index is -0.654. The van der Waals surface area contributed by atoms with Crippen LogP contribution in [0.15, 0.2) is 47.2 Å². The van der Waals surface area contributed by atoms with E-state index in [1.807, 2.05) is 0 Å². The van der Waals surface area contributed by atoms with Gasteiger partial charge in [0.1, 0.15) is 5.76 Å². The van der Waals surface area contributed by atoms with Crippen molar-refractivity contribution in [1.82, 2.24) is 4.98 Å². The molecule has 0 spiro atoms. The first-order valence-corrected chi connectivity index (χ1v) is 6.31. The number of carbonyl (C=O) groups is 2. The Labute approximate surface area is 125 Å². The van der Waals surface area contributed by atoms with Gasteiger partial charge in [0.05, 0.1) is 12.0 Å². The van der Waals surface area contributed by atoms with Gasteiger partial charge in [0.15, 0.2) is 11.8 Å². The highest BCUT2D eigenvalue weighted by Crippen LogP contribution is 2.17. The summed E-state index contributed by atoms with van der Waals surface area (Å²) in [5, 5.41) is 2.64. The summed E-state index contributed by atoms with van der Waals surface area (Å²) in [6.07, 6.45) is 5.59. The Hall–Kier alpha value is -2.60. The molecule has 0 aromatic carbocycles. The van der Waals surface area contributed by atoms with E-state index in [1.165, 1.54) is 24.6 Å². The maximum absolute atomic E-state index is 11.6. The molecule has 0 saturated carbocycles. The Balaban J connectivity index is 1.79. The molecule has 0 saturated heterocycles. The van der Waals surface area contributed by atoms with Crippen molar-refractivity contribution in [3.05, 3.63) is 53.7 Å². The Bertz CT molecular complexity index is 653. The van der Waals surface area contributed by atoms with Crippen molar-refractivity contribution in [3.63, 3.8) is 0 Å². The van der Waals surface area contributed by atoms with E-state index in [0.29, 0.717) is 11.4 Å². The van der Waals surface area contributed by atoms with Crippen molar-refractivity contribution in [3.8, 4) is 0 Å². The first-order valence-electron chi connectivity index (χ1n) is 5.94. The van der Waals surface area contributed by atoms with Crippen LogP contribution in [0.4, 0.5) is 5.69 Å². The molecule has 6 nitrogen and oxygen atoms in total. The van der Waals surface area contributed by atoms with E-state index < -0.39 is 18.5 Å². The molecule has 21 heavy (non-hydrogen) atoms. The van der Waals surface area contributed by atoms with Crippen LogP contribution in [0, 0.1) is 0 Å². The third-order valence-corrected chi connectivity index (χ3v) is 2.61. The standard InChI is InChI=1S/C14H11ClN2O4/c15-14-11(4-1-7-16-14)17-12(18)9-21-13(19)6-5-10-3-2-8-20-10/h1-8H,9H2,(H,17,18)/b6-5+. The molecule has 2 aromatic heterocycles. The number of rotatable bonds is 5. The zero-order valence-electron chi connectivity index (χ0n) is 10.8. The van der Waals surface area contributed by atoms with Crippen molar-refractivity contribution in [1.29, 1.82) is 0 Å². The smallest absolute Gasteiger partial charge is 0.331 e. The van der Waals surface area contributed by atoms with Crippen LogP contribution in [0.2, 0.25) is 5.15 Å². The average Bonchev–Trinajstić information content (AvgIpc) is 2.99. The lowest BCUT2D eigenvalue weighted by Crippen LogP contribution is -2.20. The lowest BCUT2D eigenvalue weighted by atomic mass is 10.4. The molecule has 0 aliphatic carbocycles. The highest BCUT2D eigenvalue weighted by molar-refractivity contribution is 6.32. The SMILES string of the molecule is O=C(COC(=O)/C=C/c1ccco1)Nc1cccnc1Cl. The number of hydrogen-bond acceptors (Lipinski definition) is 5. The number of anilines is 1. The Morgan fingerprint density at radius 1 is 1.38 bits per heavy atom. The van der Waals surface area contributed by atoms with E-state index in [-0.39, 0.29) is 5.15 Å². The second kappa shape index (κ2) is 7.25. The van der Waals surface area contributed by atoms with Gasteiger partial charge in [-0.15, -0.1) is 0 Å². The van der Waals surface area contributed by atoms with Gasteiger partial charge in [-0.2, -0.15) is 0 Å². The van der Waals surface area contributed by atoms with Gasteiger partial charge in [-0.05, 0) is 30.3 Å². The highest BCUT2D eigenvalue weighted by atomic mass is 35.5. The summed E-state index contributed by atoms with van der Waals surface area (Å²) in [5.41, 5.74) is 0.353. The van der Waals surface area contributed by atoms with Crippen molar-refractivity contribution in [2.75, 3.05) is 11.9 Å². The molecule has 0 radical (unpaired) electrons. The Morgan fingerprint density at radius 3 is 2.95 bits per heavy atom. The maximum atomic E-state index is 11.6. The van der Waals surface area contributed by atoms with Crippen LogP contribution >= 0.6 is 11.6 Å². The molecule has 1 amide bonds. The van der Waals surface area contributed by atoms with Crippen molar-refractivity contribution < 1.29 is 18.7 Å². The topological polar surface area (TPSA) is 81.4 Å². The second-order valence-corrected chi connectivity index (χ2v) is 4.20. The quantitative estimate of drug-likeness (QED) is 0.521. The Kier molecular flexibility index (Phi) is 5.11. The maximum Gasteiger partial charge on any atom is 0.331 e. The molecule has 2 heterocycles. The number of halogens is 1. The lowest BCUT2D eigenvalue weighted by Gasteiger charge is -2.06. The molecular formula is C14H11ClN2O4. The van der Waals surface area contributed by atoms with Crippen LogP contribution in [-0.4, -0.2) is 23.5 Å². The second-order valence-electron chi connectivity index (χ2n) is 3.85. The zero-order chi connectivity index (χ0) is 15.1. The fraction of sp³-hybridized carbons (Fsp3) is 0.0714. The van der Waals surface area contributed by atoms with E-state index in [2.05, 4.69) is 10.3 Å². The minimum Gasteiger partial charge on any atom is -0.465 e. The summed E-state index contributed by atoms with van der Waals surface area (Å²) < 4.78 is 9.78. The van der Waals surface area contributed by atoms with E-state index in [9.17, 15) is 9.59 Å². The summed E-state index contributed by atoms with van der Waals surface area (Å²) in [4.78, 5) is 26.8. The monoisotopic (exact) mass is 306 g/mol. The van der Waals surface area contributed by atoms with Gasteiger partial charge < -0.3 is 14.5 Å². The van der Waals surface area contributed by atoms with Crippen LogP contribution in [-0.2, 0) is 14.3 Å². The van der Waals surface area contributed by atoms with Gasteiger partial charge in [-0.25, -0.2) is 9.78 Å². The molecule has 108 valence electrons. The minimum absolute atomic E-state index is 0.162. The third kappa shape index (κ3) is 4.77. The predicted molar refractivity (Wildman–Crippen MR) is 76.6 cm³/mol. The molecule has 0 aliphatic heterocycles. The van der Waals surface area contributed by atoms with Crippen molar-refractivity contribution in [2.24, 2.45) is 0 Å². The Morgan fingerprint density at radius 2 is 2.24 bits per heavy atom. The lowest BCUT2D eigenvalue weighted by molar-refractivity contribution is -0.142. The molecule has 1 N–H and O–H groups in total. The first kappa shape index (κ1) is 14.8. The largest absolute Gasteiger partial charge is 0.465 e. The number of furan rings is 1. The van der Waals surface area contributed by atoms with Gasteiger partial charge in [-0.3, -0.25) is 4.79 Å². The molecule has 7 heteroatoms.